The molecule has 4 heteroatoms. The van der Waals surface area contributed by atoms with Gasteiger partial charge in [-0.25, -0.2) is 0 Å². The number of rotatable bonds is 4. The van der Waals surface area contributed by atoms with Crippen LogP contribution in [0.2, 0.25) is 0 Å². The molecule has 2 rings (SSSR count). The monoisotopic (exact) mass is 241 g/mol. The Morgan fingerprint density at radius 2 is 1.71 bits per heavy atom. The molecule has 1 saturated carbocycles. The largest absolute Gasteiger partial charge is 0.348 e. The minimum Gasteiger partial charge on any atom is -0.348 e. The molecular weight excluding hydrogens is 218 g/mol. The highest BCUT2D eigenvalue weighted by Gasteiger charge is 2.47. The summed E-state index contributed by atoms with van der Waals surface area (Å²) in [6.45, 7) is 6.42. The van der Waals surface area contributed by atoms with Crippen LogP contribution in [0.5, 0.6) is 0 Å². The van der Waals surface area contributed by atoms with Gasteiger partial charge in [-0.15, -0.1) is 0 Å². The van der Waals surface area contributed by atoms with Crippen molar-refractivity contribution in [2.45, 2.75) is 57.3 Å². The zero-order valence-corrected chi connectivity index (χ0v) is 10.9. The van der Waals surface area contributed by atoms with Crippen molar-refractivity contribution in [2.24, 2.45) is 0 Å². The number of hydrogen-bond donors (Lipinski definition) is 0. The topological polar surface area (TPSA) is 38.8 Å². The molecule has 1 aliphatic heterocycles. The lowest BCUT2D eigenvalue weighted by Crippen LogP contribution is -2.53. The van der Waals surface area contributed by atoms with Gasteiger partial charge in [0.2, 0.25) is 6.41 Å². The molecule has 0 N–H and O–H groups in total. The van der Waals surface area contributed by atoms with Gasteiger partial charge in [-0.05, 0) is 26.2 Å². The maximum atomic E-state index is 11.2. The van der Waals surface area contributed by atoms with E-state index < -0.39 is 0 Å². The first-order valence-corrected chi connectivity index (χ1v) is 6.70. The van der Waals surface area contributed by atoms with Crippen molar-refractivity contribution >= 4 is 6.41 Å². The van der Waals surface area contributed by atoms with Crippen LogP contribution in [0.25, 0.3) is 0 Å². The van der Waals surface area contributed by atoms with Gasteiger partial charge in [0.05, 0.1) is 13.2 Å². The van der Waals surface area contributed by atoms with Crippen molar-refractivity contribution < 1.29 is 14.3 Å². The van der Waals surface area contributed by atoms with E-state index in [0.29, 0.717) is 13.2 Å². The first kappa shape index (κ1) is 12.8. The Labute approximate surface area is 103 Å². The number of hydrogen-bond acceptors (Lipinski definition) is 3. The van der Waals surface area contributed by atoms with Crippen molar-refractivity contribution in [1.82, 2.24) is 4.90 Å². The van der Waals surface area contributed by atoms with Crippen LogP contribution in [-0.4, -0.2) is 42.4 Å². The molecule has 1 saturated heterocycles. The number of ether oxygens (including phenoxy) is 2. The molecule has 1 amide bonds. The van der Waals surface area contributed by atoms with E-state index in [1.54, 1.807) is 0 Å². The van der Waals surface area contributed by atoms with Crippen LogP contribution < -0.4 is 0 Å². The van der Waals surface area contributed by atoms with Crippen LogP contribution in [0.3, 0.4) is 0 Å². The third kappa shape index (κ3) is 2.20. The van der Waals surface area contributed by atoms with Gasteiger partial charge in [0.1, 0.15) is 0 Å². The highest BCUT2D eigenvalue weighted by atomic mass is 16.7. The predicted molar refractivity (Wildman–Crippen MR) is 64.6 cm³/mol. The average Bonchev–Trinajstić information content (AvgIpc) is 2.82. The molecular formula is C13H23NO3. The molecule has 0 unspecified atom stereocenters. The number of amides is 1. The van der Waals surface area contributed by atoms with Gasteiger partial charge in [-0.1, -0.05) is 6.92 Å². The summed E-state index contributed by atoms with van der Waals surface area (Å²) in [5.41, 5.74) is 0.0249. The second-order valence-corrected chi connectivity index (χ2v) is 5.08. The normalized spacial score (nSPS) is 26.0. The summed E-state index contributed by atoms with van der Waals surface area (Å²) in [4.78, 5) is 13.1. The fourth-order valence-corrected chi connectivity index (χ4v) is 3.25. The summed E-state index contributed by atoms with van der Waals surface area (Å²) in [7, 11) is 0. The summed E-state index contributed by atoms with van der Waals surface area (Å²) in [6, 6.07) is 0. The minimum atomic E-state index is -0.332. The van der Waals surface area contributed by atoms with Crippen LogP contribution in [-0.2, 0) is 14.3 Å². The van der Waals surface area contributed by atoms with E-state index in [-0.39, 0.29) is 11.3 Å². The molecule has 0 aromatic carbocycles. The molecule has 17 heavy (non-hydrogen) atoms. The SMILES string of the molecule is CCN(C=O)C1(CC)CCC2(CC1)OCCO2. The molecule has 0 aromatic heterocycles. The highest BCUT2D eigenvalue weighted by molar-refractivity contribution is 5.49. The third-order valence-electron chi connectivity index (χ3n) is 4.49. The Morgan fingerprint density at radius 1 is 1.12 bits per heavy atom. The Morgan fingerprint density at radius 3 is 2.12 bits per heavy atom. The van der Waals surface area contributed by atoms with Gasteiger partial charge in [0.25, 0.3) is 0 Å². The first-order chi connectivity index (χ1) is 8.20. The maximum absolute atomic E-state index is 11.2. The molecule has 0 atom stereocenters. The minimum absolute atomic E-state index is 0.0249. The number of nitrogens with zero attached hydrogens (tertiary/aromatic N) is 1. The van der Waals surface area contributed by atoms with Crippen molar-refractivity contribution in [3.63, 3.8) is 0 Å². The van der Waals surface area contributed by atoms with Crippen LogP contribution in [0.15, 0.2) is 0 Å². The van der Waals surface area contributed by atoms with E-state index in [0.717, 1.165) is 45.1 Å². The van der Waals surface area contributed by atoms with Crippen LogP contribution in [0.1, 0.15) is 46.0 Å². The van der Waals surface area contributed by atoms with Crippen LogP contribution in [0.4, 0.5) is 0 Å². The van der Waals surface area contributed by atoms with Crippen molar-refractivity contribution in [3.8, 4) is 0 Å². The van der Waals surface area contributed by atoms with Crippen molar-refractivity contribution in [2.75, 3.05) is 19.8 Å². The molecule has 0 aromatic rings. The van der Waals surface area contributed by atoms with Crippen molar-refractivity contribution in [1.29, 1.82) is 0 Å². The van der Waals surface area contributed by atoms with Crippen molar-refractivity contribution in [3.05, 3.63) is 0 Å². The first-order valence-electron chi connectivity index (χ1n) is 6.70. The molecule has 98 valence electrons. The quantitative estimate of drug-likeness (QED) is 0.706. The Balaban J connectivity index is 2.05. The molecule has 0 bridgehead atoms. The summed E-state index contributed by atoms with van der Waals surface area (Å²) in [5.74, 6) is -0.332. The predicted octanol–water partition coefficient (Wildman–Crippen LogP) is 1.93. The molecule has 0 radical (unpaired) electrons. The zero-order chi connectivity index (χ0) is 12.4. The third-order valence-corrected chi connectivity index (χ3v) is 4.49. The van der Waals surface area contributed by atoms with Crippen LogP contribution >= 0.6 is 0 Å². The van der Waals surface area contributed by atoms with Gasteiger partial charge in [0, 0.05) is 24.9 Å². The standard InChI is InChI=1S/C13H23NO3/c1-3-12(14(4-2)11-15)5-7-13(8-6-12)16-9-10-17-13/h11H,3-10H2,1-2H3. The molecule has 2 aliphatic rings. The zero-order valence-electron chi connectivity index (χ0n) is 10.9. The second kappa shape index (κ2) is 4.94. The smallest absolute Gasteiger partial charge is 0.210 e. The molecule has 1 aliphatic carbocycles. The second-order valence-electron chi connectivity index (χ2n) is 5.08. The summed E-state index contributed by atoms with van der Waals surface area (Å²) < 4.78 is 11.5. The van der Waals surface area contributed by atoms with Gasteiger partial charge in [0.15, 0.2) is 5.79 Å². The lowest BCUT2D eigenvalue weighted by molar-refractivity contribution is -0.194. The Bertz CT molecular complexity index is 264. The lowest BCUT2D eigenvalue weighted by atomic mass is 9.76. The average molecular weight is 241 g/mol. The van der Waals surface area contributed by atoms with E-state index in [1.807, 2.05) is 11.8 Å². The fraction of sp³-hybridized carbons (Fsp3) is 0.923. The van der Waals surface area contributed by atoms with E-state index in [4.69, 9.17) is 9.47 Å². The Hall–Kier alpha value is -0.610. The van der Waals surface area contributed by atoms with E-state index in [1.165, 1.54) is 0 Å². The molecule has 4 nitrogen and oxygen atoms in total. The Kier molecular flexibility index (Phi) is 3.73. The summed E-state index contributed by atoms with van der Waals surface area (Å²) in [6.07, 6.45) is 5.79. The van der Waals surface area contributed by atoms with Gasteiger partial charge in [-0.3, -0.25) is 4.79 Å². The molecule has 1 heterocycles. The molecule has 1 spiro atoms. The highest BCUT2D eigenvalue weighted by Crippen LogP contribution is 2.43. The van der Waals surface area contributed by atoms with Gasteiger partial charge in [-0.2, -0.15) is 0 Å². The summed E-state index contributed by atoms with van der Waals surface area (Å²) >= 11 is 0. The maximum Gasteiger partial charge on any atom is 0.210 e. The van der Waals surface area contributed by atoms with Gasteiger partial charge < -0.3 is 14.4 Å². The van der Waals surface area contributed by atoms with Gasteiger partial charge >= 0.3 is 0 Å². The van der Waals surface area contributed by atoms with E-state index in [9.17, 15) is 4.79 Å². The lowest BCUT2D eigenvalue weighted by Gasteiger charge is -2.48. The number of carbonyl (C=O) groups excluding carboxylic acids is 1. The molecule has 2 fully saturated rings. The summed E-state index contributed by atoms with van der Waals surface area (Å²) in [5, 5.41) is 0. The van der Waals surface area contributed by atoms with Crippen LogP contribution in [0, 0.1) is 0 Å². The van der Waals surface area contributed by atoms with E-state index in [2.05, 4.69) is 6.92 Å². The fourth-order valence-electron chi connectivity index (χ4n) is 3.25. The van der Waals surface area contributed by atoms with E-state index >= 15 is 0 Å². The number of carbonyl (C=O) groups is 1.